The number of carbonyl (C=O) groups is 1. The Bertz CT molecular complexity index is 194. The number of carboxylic acids is 1. The number of hydrogen-bond acceptors (Lipinski definition) is 2. The molecule has 0 aliphatic carbocycles. The minimum Gasteiger partial charge on any atom is -0.481 e. The predicted molar refractivity (Wildman–Crippen MR) is 56.3 cm³/mol. The fourth-order valence-electron chi connectivity index (χ4n) is 2.28. The van der Waals surface area contributed by atoms with E-state index in [1.54, 1.807) is 0 Å². The van der Waals surface area contributed by atoms with Gasteiger partial charge in [-0.3, -0.25) is 4.79 Å². The lowest BCUT2D eigenvalue weighted by molar-refractivity contribution is -0.138. The van der Waals surface area contributed by atoms with Crippen molar-refractivity contribution in [3.8, 4) is 0 Å². The van der Waals surface area contributed by atoms with Gasteiger partial charge in [-0.15, -0.1) is 0 Å². The average molecular weight is 199 g/mol. The largest absolute Gasteiger partial charge is 0.481 e. The SMILES string of the molecule is CC(CC(=O)O)C1CCCN(C)CC1. The van der Waals surface area contributed by atoms with Crippen molar-refractivity contribution in [1.29, 1.82) is 0 Å². The summed E-state index contributed by atoms with van der Waals surface area (Å²) in [5, 5.41) is 8.73. The molecular formula is C11H21NO2. The molecule has 2 unspecified atom stereocenters. The lowest BCUT2D eigenvalue weighted by Crippen LogP contribution is -2.20. The van der Waals surface area contributed by atoms with Gasteiger partial charge in [0.05, 0.1) is 0 Å². The summed E-state index contributed by atoms with van der Waals surface area (Å²) in [7, 11) is 2.14. The fraction of sp³-hybridized carbons (Fsp3) is 0.909. The van der Waals surface area contributed by atoms with Gasteiger partial charge in [0.2, 0.25) is 0 Å². The van der Waals surface area contributed by atoms with Crippen LogP contribution in [-0.4, -0.2) is 36.1 Å². The summed E-state index contributed by atoms with van der Waals surface area (Å²) in [6, 6.07) is 0. The van der Waals surface area contributed by atoms with E-state index in [4.69, 9.17) is 5.11 Å². The Morgan fingerprint density at radius 3 is 2.86 bits per heavy atom. The molecule has 0 aromatic heterocycles. The van der Waals surface area contributed by atoms with Crippen LogP contribution in [0.25, 0.3) is 0 Å². The summed E-state index contributed by atoms with van der Waals surface area (Å²) in [5.41, 5.74) is 0. The predicted octanol–water partition coefficient (Wildman–Crippen LogP) is 1.83. The highest BCUT2D eigenvalue weighted by molar-refractivity contribution is 5.66. The number of carboxylic acid groups (broad SMARTS) is 1. The van der Waals surface area contributed by atoms with Crippen LogP contribution in [0.1, 0.15) is 32.6 Å². The first-order valence-electron chi connectivity index (χ1n) is 5.50. The molecule has 1 saturated heterocycles. The zero-order chi connectivity index (χ0) is 10.6. The quantitative estimate of drug-likeness (QED) is 0.754. The van der Waals surface area contributed by atoms with Gasteiger partial charge >= 0.3 is 5.97 Å². The van der Waals surface area contributed by atoms with E-state index >= 15 is 0 Å². The number of rotatable bonds is 3. The summed E-state index contributed by atoms with van der Waals surface area (Å²) in [6.07, 6.45) is 3.89. The van der Waals surface area contributed by atoms with Crippen molar-refractivity contribution in [2.24, 2.45) is 11.8 Å². The zero-order valence-corrected chi connectivity index (χ0v) is 9.20. The topological polar surface area (TPSA) is 40.5 Å². The van der Waals surface area contributed by atoms with Crippen LogP contribution in [-0.2, 0) is 4.79 Å². The highest BCUT2D eigenvalue weighted by atomic mass is 16.4. The summed E-state index contributed by atoms with van der Waals surface area (Å²) in [4.78, 5) is 12.9. The van der Waals surface area contributed by atoms with Crippen molar-refractivity contribution < 1.29 is 9.90 Å². The van der Waals surface area contributed by atoms with Gasteiger partial charge < -0.3 is 10.0 Å². The first-order valence-corrected chi connectivity index (χ1v) is 5.50. The zero-order valence-electron chi connectivity index (χ0n) is 9.20. The van der Waals surface area contributed by atoms with Gasteiger partial charge in [-0.2, -0.15) is 0 Å². The molecular weight excluding hydrogens is 178 g/mol. The molecule has 2 atom stereocenters. The van der Waals surface area contributed by atoms with Crippen LogP contribution in [0.5, 0.6) is 0 Å². The van der Waals surface area contributed by atoms with Gasteiger partial charge in [0.15, 0.2) is 0 Å². The molecule has 0 aromatic carbocycles. The first-order chi connectivity index (χ1) is 6.59. The molecule has 0 aromatic rings. The number of aliphatic carboxylic acids is 1. The Morgan fingerprint density at radius 1 is 1.50 bits per heavy atom. The molecule has 14 heavy (non-hydrogen) atoms. The van der Waals surface area contributed by atoms with Crippen molar-refractivity contribution >= 4 is 5.97 Å². The molecule has 1 fully saturated rings. The summed E-state index contributed by atoms with van der Waals surface area (Å²) in [6.45, 7) is 4.36. The molecule has 1 aliphatic rings. The van der Waals surface area contributed by atoms with Gasteiger partial charge in [-0.25, -0.2) is 0 Å². The maximum absolute atomic E-state index is 10.6. The van der Waals surface area contributed by atoms with Crippen LogP contribution in [0.15, 0.2) is 0 Å². The molecule has 0 radical (unpaired) electrons. The second-order valence-electron chi connectivity index (χ2n) is 4.57. The average Bonchev–Trinajstić information content (AvgIpc) is 2.28. The normalized spacial score (nSPS) is 26.9. The van der Waals surface area contributed by atoms with Crippen molar-refractivity contribution in [1.82, 2.24) is 4.90 Å². The molecule has 1 heterocycles. The molecule has 3 nitrogen and oxygen atoms in total. The van der Waals surface area contributed by atoms with E-state index in [2.05, 4.69) is 18.9 Å². The van der Waals surface area contributed by atoms with E-state index < -0.39 is 5.97 Å². The van der Waals surface area contributed by atoms with Crippen LogP contribution in [0.2, 0.25) is 0 Å². The Kier molecular flexibility index (Phi) is 4.39. The van der Waals surface area contributed by atoms with Crippen molar-refractivity contribution in [3.63, 3.8) is 0 Å². The third-order valence-electron chi connectivity index (χ3n) is 3.30. The molecule has 0 saturated carbocycles. The van der Waals surface area contributed by atoms with E-state index in [0.717, 1.165) is 19.5 Å². The van der Waals surface area contributed by atoms with Crippen molar-refractivity contribution in [3.05, 3.63) is 0 Å². The van der Waals surface area contributed by atoms with E-state index in [9.17, 15) is 4.79 Å². The number of nitrogens with zero attached hydrogens (tertiary/aromatic N) is 1. The summed E-state index contributed by atoms with van der Waals surface area (Å²) < 4.78 is 0. The van der Waals surface area contributed by atoms with Gasteiger partial charge in [-0.05, 0) is 51.2 Å². The Morgan fingerprint density at radius 2 is 2.21 bits per heavy atom. The smallest absolute Gasteiger partial charge is 0.303 e. The van der Waals surface area contributed by atoms with Crippen LogP contribution in [0, 0.1) is 11.8 Å². The molecule has 1 N–H and O–H groups in total. The second kappa shape index (κ2) is 5.35. The van der Waals surface area contributed by atoms with Crippen LogP contribution < -0.4 is 0 Å². The highest BCUT2D eigenvalue weighted by Crippen LogP contribution is 2.26. The van der Waals surface area contributed by atoms with E-state index in [-0.39, 0.29) is 0 Å². The highest BCUT2D eigenvalue weighted by Gasteiger charge is 2.22. The summed E-state index contributed by atoms with van der Waals surface area (Å²) >= 11 is 0. The Balaban J connectivity index is 2.38. The molecule has 0 spiro atoms. The number of hydrogen-bond donors (Lipinski definition) is 1. The molecule has 1 aliphatic heterocycles. The molecule has 0 bridgehead atoms. The van der Waals surface area contributed by atoms with Crippen molar-refractivity contribution in [2.75, 3.05) is 20.1 Å². The van der Waals surface area contributed by atoms with Gasteiger partial charge in [0.1, 0.15) is 0 Å². The fourth-order valence-corrected chi connectivity index (χ4v) is 2.28. The van der Waals surface area contributed by atoms with Crippen LogP contribution >= 0.6 is 0 Å². The molecule has 82 valence electrons. The van der Waals surface area contributed by atoms with E-state index in [0.29, 0.717) is 18.3 Å². The van der Waals surface area contributed by atoms with Crippen LogP contribution in [0.3, 0.4) is 0 Å². The standard InChI is InChI=1S/C11H21NO2/c1-9(8-11(13)14)10-4-3-6-12(2)7-5-10/h9-10H,3-8H2,1-2H3,(H,13,14). The van der Waals surface area contributed by atoms with Crippen molar-refractivity contribution in [2.45, 2.75) is 32.6 Å². The third-order valence-corrected chi connectivity index (χ3v) is 3.30. The van der Waals surface area contributed by atoms with Gasteiger partial charge in [0.25, 0.3) is 0 Å². The van der Waals surface area contributed by atoms with Gasteiger partial charge in [-0.1, -0.05) is 6.92 Å². The van der Waals surface area contributed by atoms with E-state index in [1.807, 2.05) is 0 Å². The lowest BCUT2D eigenvalue weighted by Gasteiger charge is -2.20. The molecule has 1 rings (SSSR count). The first kappa shape index (κ1) is 11.5. The second-order valence-corrected chi connectivity index (χ2v) is 4.57. The van der Waals surface area contributed by atoms with E-state index in [1.165, 1.54) is 12.8 Å². The monoisotopic (exact) mass is 199 g/mol. The third kappa shape index (κ3) is 3.66. The van der Waals surface area contributed by atoms with Gasteiger partial charge in [0, 0.05) is 6.42 Å². The maximum atomic E-state index is 10.6. The number of likely N-dealkylation sites (tertiary alicyclic amines) is 1. The Labute approximate surface area is 86.1 Å². The minimum absolute atomic E-state index is 0.328. The molecule has 0 amide bonds. The minimum atomic E-state index is -0.657. The Hall–Kier alpha value is -0.570. The lowest BCUT2D eigenvalue weighted by atomic mass is 9.86. The van der Waals surface area contributed by atoms with Crippen LogP contribution in [0.4, 0.5) is 0 Å². The summed E-state index contributed by atoms with van der Waals surface area (Å²) in [5.74, 6) is 0.283. The molecule has 3 heteroatoms. The maximum Gasteiger partial charge on any atom is 0.303 e.